The third-order valence-electron chi connectivity index (χ3n) is 4.38. The van der Waals surface area contributed by atoms with Crippen LogP contribution in [0, 0.1) is 5.92 Å². The van der Waals surface area contributed by atoms with Crippen molar-refractivity contribution < 1.29 is 8.42 Å². The van der Waals surface area contributed by atoms with Gasteiger partial charge in [0.15, 0.2) is 0 Å². The molecule has 3 aromatic rings. The van der Waals surface area contributed by atoms with Gasteiger partial charge in [0.25, 0.3) is 0 Å². The van der Waals surface area contributed by atoms with Crippen LogP contribution >= 0.6 is 11.7 Å². The molecule has 1 saturated heterocycles. The fourth-order valence-corrected chi connectivity index (χ4v) is 5.52. The second-order valence-corrected chi connectivity index (χ2v) is 8.45. The number of fused-ring (bicyclic) bond motifs is 1. The number of aromatic nitrogens is 4. The molecule has 9 heteroatoms. The predicted molar refractivity (Wildman–Crippen MR) is 91.1 cm³/mol. The van der Waals surface area contributed by atoms with Crippen LogP contribution in [0.2, 0.25) is 0 Å². The molecule has 1 fully saturated rings. The van der Waals surface area contributed by atoms with E-state index in [1.165, 1.54) is 0 Å². The summed E-state index contributed by atoms with van der Waals surface area (Å²) in [6, 6.07) is 5.14. The Morgan fingerprint density at radius 3 is 3.04 bits per heavy atom. The minimum atomic E-state index is -3.56. The highest BCUT2D eigenvalue weighted by molar-refractivity contribution is 7.89. The first kappa shape index (κ1) is 15.7. The van der Waals surface area contributed by atoms with Gasteiger partial charge in [-0.3, -0.25) is 0 Å². The lowest BCUT2D eigenvalue weighted by atomic mass is 10.00. The van der Waals surface area contributed by atoms with Crippen LogP contribution in [-0.2, 0) is 16.6 Å². The van der Waals surface area contributed by atoms with Crippen LogP contribution in [0.5, 0.6) is 0 Å². The van der Waals surface area contributed by atoms with Gasteiger partial charge in [-0.25, -0.2) is 13.4 Å². The van der Waals surface area contributed by atoms with Gasteiger partial charge in [-0.2, -0.15) is 13.1 Å². The highest BCUT2D eigenvalue weighted by Crippen LogP contribution is 2.28. The number of sulfonamides is 1. The van der Waals surface area contributed by atoms with Crippen LogP contribution in [0.25, 0.3) is 11.0 Å². The van der Waals surface area contributed by atoms with Crippen molar-refractivity contribution in [2.75, 3.05) is 13.1 Å². The summed E-state index contributed by atoms with van der Waals surface area (Å²) in [5.41, 5.74) is 1.10. The summed E-state index contributed by atoms with van der Waals surface area (Å²) in [7, 11) is -3.56. The van der Waals surface area contributed by atoms with Gasteiger partial charge in [0.2, 0.25) is 10.0 Å². The third kappa shape index (κ3) is 2.83. The fraction of sp³-hybridized carbons (Fsp3) is 0.400. The molecule has 0 saturated carbocycles. The molecular formula is C15H17N5O2S2. The molecule has 2 aromatic heterocycles. The van der Waals surface area contributed by atoms with Gasteiger partial charge in [0, 0.05) is 32.0 Å². The molecule has 0 amide bonds. The van der Waals surface area contributed by atoms with Gasteiger partial charge in [0.05, 0.1) is 18.1 Å². The summed E-state index contributed by atoms with van der Waals surface area (Å²) >= 11 is 1.04. The zero-order chi connectivity index (χ0) is 16.6. The van der Waals surface area contributed by atoms with Gasteiger partial charge < -0.3 is 4.57 Å². The van der Waals surface area contributed by atoms with E-state index in [1.807, 2.05) is 10.8 Å². The Labute approximate surface area is 144 Å². The summed E-state index contributed by atoms with van der Waals surface area (Å²) in [5.74, 6) is 0.287. The molecule has 7 nitrogen and oxygen atoms in total. The minimum Gasteiger partial charge on any atom is -0.337 e. The van der Waals surface area contributed by atoms with Crippen LogP contribution < -0.4 is 0 Å². The summed E-state index contributed by atoms with van der Waals surface area (Å²) < 4.78 is 38.1. The Morgan fingerprint density at radius 2 is 2.21 bits per heavy atom. The van der Waals surface area contributed by atoms with Crippen molar-refractivity contribution in [3.8, 4) is 0 Å². The number of rotatable bonds is 4. The van der Waals surface area contributed by atoms with Gasteiger partial charge in [-0.05, 0) is 30.9 Å². The van der Waals surface area contributed by atoms with Crippen molar-refractivity contribution in [3.05, 3.63) is 36.9 Å². The molecule has 1 aliphatic rings. The highest BCUT2D eigenvalue weighted by Gasteiger charge is 2.32. The van der Waals surface area contributed by atoms with E-state index < -0.39 is 10.0 Å². The zero-order valence-electron chi connectivity index (χ0n) is 12.9. The largest absolute Gasteiger partial charge is 0.337 e. The molecule has 0 spiro atoms. The Hall–Kier alpha value is -1.84. The van der Waals surface area contributed by atoms with Crippen LogP contribution in [-0.4, -0.2) is 44.1 Å². The Kier molecular flexibility index (Phi) is 4.07. The van der Waals surface area contributed by atoms with Crippen molar-refractivity contribution in [2.45, 2.75) is 24.3 Å². The molecule has 0 radical (unpaired) electrons. The molecule has 3 heterocycles. The Balaban J connectivity index is 1.60. The lowest BCUT2D eigenvalue weighted by molar-refractivity contribution is 0.245. The summed E-state index contributed by atoms with van der Waals surface area (Å²) in [5, 5.41) is 0. The summed E-state index contributed by atoms with van der Waals surface area (Å²) in [6.45, 7) is 1.86. The Morgan fingerprint density at radius 1 is 1.29 bits per heavy atom. The maximum absolute atomic E-state index is 13.1. The van der Waals surface area contributed by atoms with E-state index in [0.717, 1.165) is 31.1 Å². The predicted octanol–water partition coefficient (Wildman–Crippen LogP) is 1.99. The van der Waals surface area contributed by atoms with Crippen LogP contribution in [0.3, 0.4) is 0 Å². The fourth-order valence-electron chi connectivity index (χ4n) is 3.22. The SMILES string of the molecule is O=S(=O)(c1cccc2nsnc12)N1CCCC(Cn2ccnc2)C1. The average molecular weight is 363 g/mol. The van der Waals surface area contributed by atoms with Crippen molar-refractivity contribution in [1.29, 1.82) is 0 Å². The second kappa shape index (κ2) is 6.23. The number of hydrogen-bond donors (Lipinski definition) is 0. The molecule has 1 aromatic carbocycles. The molecule has 0 N–H and O–H groups in total. The van der Waals surface area contributed by atoms with Gasteiger partial charge in [0.1, 0.15) is 15.9 Å². The number of benzene rings is 1. The standard InChI is InChI=1S/C15H17N5O2S2/c21-24(22,14-5-1-4-13-15(14)18-23-17-13)20-7-2-3-12(10-20)9-19-8-6-16-11-19/h1,4-6,8,11-12H,2-3,7,9-10H2. The first-order valence-corrected chi connectivity index (χ1v) is 9.99. The van der Waals surface area contributed by atoms with Crippen molar-refractivity contribution in [1.82, 2.24) is 22.6 Å². The lowest BCUT2D eigenvalue weighted by Gasteiger charge is -2.32. The normalized spacial score (nSPS) is 19.8. The van der Waals surface area contributed by atoms with Gasteiger partial charge in [-0.1, -0.05) is 6.07 Å². The number of imidazole rings is 1. The molecule has 126 valence electrons. The highest BCUT2D eigenvalue weighted by atomic mass is 32.2. The quantitative estimate of drug-likeness (QED) is 0.708. The summed E-state index contributed by atoms with van der Waals surface area (Å²) in [4.78, 5) is 4.31. The van der Waals surface area contributed by atoms with Gasteiger partial charge >= 0.3 is 0 Å². The van der Waals surface area contributed by atoms with Crippen molar-refractivity contribution in [3.63, 3.8) is 0 Å². The van der Waals surface area contributed by atoms with E-state index >= 15 is 0 Å². The molecular weight excluding hydrogens is 346 g/mol. The number of piperidine rings is 1. The van der Waals surface area contributed by atoms with E-state index in [9.17, 15) is 8.42 Å². The van der Waals surface area contributed by atoms with E-state index in [4.69, 9.17) is 0 Å². The maximum atomic E-state index is 13.1. The van der Waals surface area contributed by atoms with Crippen molar-refractivity contribution >= 4 is 32.8 Å². The topological polar surface area (TPSA) is 81.0 Å². The number of hydrogen-bond acceptors (Lipinski definition) is 6. The Bertz CT molecular complexity index is 936. The summed E-state index contributed by atoms with van der Waals surface area (Å²) in [6.07, 6.45) is 7.31. The van der Waals surface area contributed by atoms with Crippen LogP contribution in [0.15, 0.2) is 41.8 Å². The van der Waals surface area contributed by atoms with E-state index in [0.29, 0.717) is 24.1 Å². The van der Waals surface area contributed by atoms with E-state index in [1.54, 1.807) is 35.0 Å². The lowest BCUT2D eigenvalue weighted by Crippen LogP contribution is -2.41. The van der Waals surface area contributed by atoms with Crippen LogP contribution in [0.4, 0.5) is 0 Å². The van der Waals surface area contributed by atoms with Crippen LogP contribution in [0.1, 0.15) is 12.8 Å². The molecule has 0 aliphatic carbocycles. The van der Waals surface area contributed by atoms with Gasteiger partial charge in [-0.15, -0.1) is 0 Å². The molecule has 24 heavy (non-hydrogen) atoms. The molecule has 4 rings (SSSR count). The molecule has 1 unspecified atom stereocenters. The van der Waals surface area contributed by atoms with E-state index in [-0.39, 0.29) is 10.8 Å². The maximum Gasteiger partial charge on any atom is 0.245 e. The zero-order valence-corrected chi connectivity index (χ0v) is 14.6. The number of nitrogens with zero attached hydrogens (tertiary/aromatic N) is 5. The molecule has 1 aliphatic heterocycles. The minimum absolute atomic E-state index is 0.261. The average Bonchev–Trinajstić information content (AvgIpc) is 3.25. The van der Waals surface area contributed by atoms with E-state index in [2.05, 4.69) is 13.7 Å². The first-order valence-electron chi connectivity index (χ1n) is 7.82. The smallest absolute Gasteiger partial charge is 0.245 e. The van der Waals surface area contributed by atoms with Crippen molar-refractivity contribution in [2.24, 2.45) is 5.92 Å². The molecule has 0 bridgehead atoms. The first-order chi connectivity index (χ1) is 11.6. The second-order valence-electron chi connectivity index (χ2n) is 6.02. The third-order valence-corrected chi connectivity index (χ3v) is 6.82. The monoisotopic (exact) mass is 363 g/mol. The molecule has 1 atom stereocenters.